The Bertz CT molecular complexity index is 1020. The molecule has 6 nitrogen and oxygen atoms in total. The molecule has 0 spiro atoms. The molecule has 0 saturated heterocycles. The summed E-state index contributed by atoms with van der Waals surface area (Å²) in [6, 6.07) is 13.8. The summed E-state index contributed by atoms with van der Waals surface area (Å²) in [6.45, 7) is 1.39. The fourth-order valence-corrected chi connectivity index (χ4v) is 3.58. The maximum atomic E-state index is 12.8. The lowest BCUT2D eigenvalue weighted by molar-refractivity contribution is 0.101. The predicted molar refractivity (Wildman–Crippen MR) is 91.7 cm³/mol. The molecule has 0 aliphatic rings. The Labute approximate surface area is 145 Å². The minimum Gasteiger partial charge on any atom is -0.428 e. The summed E-state index contributed by atoms with van der Waals surface area (Å²) in [5.74, 6) is -0.0981. The SMILES string of the molecule is CC(=O)c1cc(-c2ccccc2)cc(S(=O)(=O)c2cnc(CN)o2)c1. The van der Waals surface area contributed by atoms with Gasteiger partial charge >= 0.3 is 0 Å². The van der Waals surface area contributed by atoms with Crippen LogP contribution in [0.5, 0.6) is 0 Å². The first kappa shape index (κ1) is 17.1. The number of sulfone groups is 1. The van der Waals surface area contributed by atoms with E-state index < -0.39 is 9.84 Å². The van der Waals surface area contributed by atoms with Crippen LogP contribution in [0.15, 0.2) is 69.1 Å². The fraction of sp³-hybridized carbons (Fsp3) is 0.111. The van der Waals surface area contributed by atoms with Crippen LogP contribution in [-0.2, 0) is 16.4 Å². The number of Topliss-reactive ketones (excluding diaryl/α,β-unsaturated/α-hetero) is 1. The number of benzene rings is 2. The normalized spacial score (nSPS) is 11.4. The number of ketones is 1. The molecule has 0 bridgehead atoms. The first-order valence-corrected chi connectivity index (χ1v) is 9.01. The van der Waals surface area contributed by atoms with Gasteiger partial charge in [-0.3, -0.25) is 4.79 Å². The molecule has 2 N–H and O–H groups in total. The minimum absolute atomic E-state index is 0.00172. The second-order valence-electron chi connectivity index (χ2n) is 5.45. The number of carbonyl (C=O) groups is 1. The lowest BCUT2D eigenvalue weighted by atomic mass is 10.0. The summed E-state index contributed by atoms with van der Waals surface area (Å²) in [5.41, 5.74) is 7.16. The Morgan fingerprint density at radius 2 is 1.84 bits per heavy atom. The van der Waals surface area contributed by atoms with Crippen LogP contribution >= 0.6 is 0 Å². The zero-order chi connectivity index (χ0) is 18.0. The van der Waals surface area contributed by atoms with Gasteiger partial charge in [-0.05, 0) is 36.2 Å². The van der Waals surface area contributed by atoms with Crippen molar-refractivity contribution in [2.75, 3.05) is 0 Å². The molecule has 2 aromatic carbocycles. The Kier molecular flexibility index (Phi) is 4.52. The second-order valence-corrected chi connectivity index (χ2v) is 7.33. The highest BCUT2D eigenvalue weighted by molar-refractivity contribution is 7.91. The third kappa shape index (κ3) is 3.38. The zero-order valence-corrected chi connectivity index (χ0v) is 14.3. The Morgan fingerprint density at radius 3 is 2.44 bits per heavy atom. The van der Waals surface area contributed by atoms with Gasteiger partial charge in [0.15, 0.2) is 5.78 Å². The molecule has 0 saturated carbocycles. The molecule has 0 radical (unpaired) electrons. The number of rotatable bonds is 5. The minimum atomic E-state index is -3.95. The highest BCUT2D eigenvalue weighted by atomic mass is 32.2. The molecule has 0 aliphatic carbocycles. The fourth-order valence-electron chi connectivity index (χ4n) is 2.38. The van der Waals surface area contributed by atoms with Gasteiger partial charge < -0.3 is 10.2 Å². The van der Waals surface area contributed by atoms with Crippen LogP contribution in [-0.4, -0.2) is 19.2 Å². The van der Waals surface area contributed by atoms with E-state index >= 15 is 0 Å². The van der Waals surface area contributed by atoms with Crippen molar-refractivity contribution in [1.29, 1.82) is 0 Å². The molecular weight excluding hydrogens is 340 g/mol. The van der Waals surface area contributed by atoms with E-state index in [1.165, 1.54) is 19.1 Å². The molecule has 1 aromatic heterocycles. The lowest BCUT2D eigenvalue weighted by Crippen LogP contribution is -2.04. The monoisotopic (exact) mass is 356 g/mol. The quantitative estimate of drug-likeness (QED) is 0.705. The van der Waals surface area contributed by atoms with E-state index in [-0.39, 0.29) is 28.2 Å². The highest BCUT2D eigenvalue weighted by Gasteiger charge is 2.24. The lowest BCUT2D eigenvalue weighted by Gasteiger charge is -2.08. The largest absolute Gasteiger partial charge is 0.428 e. The van der Waals surface area contributed by atoms with Crippen LogP contribution in [0.2, 0.25) is 0 Å². The van der Waals surface area contributed by atoms with Crippen LogP contribution in [0.4, 0.5) is 0 Å². The van der Waals surface area contributed by atoms with Crippen LogP contribution in [0.1, 0.15) is 23.2 Å². The van der Waals surface area contributed by atoms with Crippen molar-refractivity contribution >= 4 is 15.6 Å². The number of oxazole rings is 1. The summed E-state index contributed by atoms with van der Waals surface area (Å²) in [5, 5.41) is -0.298. The smallest absolute Gasteiger partial charge is 0.243 e. The van der Waals surface area contributed by atoms with Crippen molar-refractivity contribution < 1.29 is 17.6 Å². The van der Waals surface area contributed by atoms with E-state index in [2.05, 4.69) is 4.98 Å². The van der Waals surface area contributed by atoms with Gasteiger partial charge in [0, 0.05) is 5.56 Å². The summed E-state index contributed by atoms with van der Waals surface area (Å²) in [4.78, 5) is 15.6. The number of nitrogens with zero attached hydrogens (tertiary/aromatic N) is 1. The van der Waals surface area contributed by atoms with Crippen LogP contribution in [0.25, 0.3) is 11.1 Å². The van der Waals surface area contributed by atoms with Crippen molar-refractivity contribution in [3.05, 3.63) is 66.2 Å². The van der Waals surface area contributed by atoms with Gasteiger partial charge in [-0.15, -0.1) is 0 Å². The van der Waals surface area contributed by atoms with Crippen LogP contribution in [0.3, 0.4) is 0 Å². The topological polar surface area (TPSA) is 103 Å². The number of hydrogen-bond donors (Lipinski definition) is 1. The summed E-state index contributed by atoms with van der Waals surface area (Å²) in [7, 11) is -3.95. The average Bonchev–Trinajstić information content (AvgIpc) is 3.12. The van der Waals surface area contributed by atoms with Gasteiger partial charge in [0.1, 0.15) is 0 Å². The van der Waals surface area contributed by atoms with E-state index in [0.29, 0.717) is 11.1 Å². The highest BCUT2D eigenvalue weighted by Crippen LogP contribution is 2.28. The second kappa shape index (κ2) is 6.62. The molecule has 0 fully saturated rings. The van der Waals surface area contributed by atoms with Crippen LogP contribution < -0.4 is 5.73 Å². The third-order valence-electron chi connectivity index (χ3n) is 3.70. The number of nitrogens with two attached hydrogens (primary N) is 1. The molecule has 0 atom stereocenters. The molecule has 7 heteroatoms. The molecule has 0 aliphatic heterocycles. The first-order valence-electron chi connectivity index (χ1n) is 7.53. The van der Waals surface area contributed by atoms with E-state index in [0.717, 1.165) is 11.8 Å². The average molecular weight is 356 g/mol. The molecule has 25 heavy (non-hydrogen) atoms. The standard InChI is InChI=1S/C18H16N2O4S/c1-12(21)14-7-15(13-5-3-2-4-6-13)9-16(8-14)25(22,23)18-11-20-17(10-19)24-18/h2-9,11H,10,19H2,1H3. The maximum absolute atomic E-state index is 12.8. The Morgan fingerprint density at radius 1 is 1.12 bits per heavy atom. The van der Waals surface area contributed by atoms with Crippen molar-refractivity contribution in [1.82, 2.24) is 4.98 Å². The van der Waals surface area contributed by atoms with Crippen molar-refractivity contribution in [3.8, 4) is 11.1 Å². The summed E-state index contributed by atoms with van der Waals surface area (Å²) >= 11 is 0. The van der Waals surface area contributed by atoms with E-state index in [4.69, 9.17) is 10.2 Å². The summed E-state index contributed by atoms with van der Waals surface area (Å²) < 4.78 is 30.9. The van der Waals surface area contributed by atoms with E-state index in [1.54, 1.807) is 6.07 Å². The Hall–Kier alpha value is -2.77. The number of aromatic nitrogens is 1. The predicted octanol–water partition coefficient (Wildman–Crippen LogP) is 2.84. The van der Waals surface area contributed by atoms with Gasteiger partial charge in [0.05, 0.1) is 17.6 Å². The van der Waals surface area contributed by atoms with Crippen molar-refractivity contribution in [2.24, 2.45) is 5.73 Å². The van der Waals surface area contributed by atoms with Crippen molar-refractivity contribution in [2.45, 2.75) is 23.5 Å². The number of hydrogen-bond acceptors (Lipinski definition) is 6. The van der Waals surface area contributed by atoms with Gasteiger partial charge in [-0.1, -0.05) is 30.3 Å². The van der Waals surface area contributed by atoms with E-state index in [1.807, 2.05) is 30.3 Å². The molecule has 0 unspecified atom stereocenters. The molecule has 128 valence electrons. The van der Waals surface area contributed by atoms with Gasteiger partial charge in [-0.25, -0.2) is 13.4 Å². The maximum Gasteiger partial charge on any atom is 0.243 e. The number of carbonyl (C=O) groups excluding carboxylic acids is 1. The summed E-state index contributed by atoms with van der Waals surface area (Å²) in [6.07, 6.45) is 1.13. The third-order valence-corrected chi connectivity index (χ3v) is 5.28. The molecule has 3 rings (SSSR count). The first-order chi connectivity index (χ1) is 11.9. The zero-order valence-electron chi connectivity index (χ0n) is 13.5. The van der Waals surface area contributed by atoms with Crippen molar-refractivity contribution in [3.63, 3.8) is 0 Å². The molecule has 3 aromatic rings. The van der Waals surface area contributed by atoms with E-state index in [9.17, 15) is 13.2 Å². The molecule has 1 heterocycles. The van der Waals surface area contributed by atoms with Gasteiger partial charge in [0.25, 0.3) is 0 Å². The Balaban J connectivity index is 2.18. The van der Waals surface area contributed by atoms with Gasteiger partial charge in [0.2, 0.25) is 20.8 Å². The molecular formula is C18H16N2O4S. The van der Waals surface area contributed by atoms with Crippen LogP contribution in [0, 0.1) is 0 Å². The van der Waals surface area contributed by atoms with Gasteiger partial charge in [-0.2, -0.15) is 0 Å². The molecule has 0 amide bonds.